The number of rotatable bonds is 4. The smallest absolute Gasteiger partial charge is 0.228 e. The second-order valence-corrected chi connectivity index (χ2v) is 7.25. The van der Waals surface area contributed by atoms with Crippen molar-refractivity contribution in [1.29, 1.82) is 0 Å². The molecule has 0 spiro atoms. The normalized spacial score (nSPS) is 22.9. The monoisotopic (exact) mass is 354 g/mol. The van der Waals surface area contributed by atoms with Crippen molar-refractivity contribution in [2.24, 2.45) is 5.92 Å². The zero-order valence-corrected chi connectivity index (χ0v) is 14.6. The molecule has 2 aliphatic rings. The van der Waals surface area contributed by atoms with E-state index < -0.39 is 0 Å². The molecule has 0 unspecified atom stereocenters. The number of hydrogen-bond acceptors (Lipinski definition) is 3. The van der Waals surface area contributed by atoms with Gasteiger partial charge in [0.1, 0.15) is 5.82 Å². The molecule has 1 aliphatic heterocycles. The van der Waals surface area contributed by atoms with Crippen LogP contribution in [0.5, 0.6) is 0 Å². The number of amides is 1. The lowest BCUT2D eigenvalue weighted by Crippen LogP contribution is -2.35. The number of nitrogens with one attached hydrogen (secondary N) is 1. The molecule has 0 aromatic heterocycles. The third kappa shape index (κ3) is 3.73. The fraction of sp³-hybridized carbons (Fsp3) is 0.381. The van der Waals surface area contributed by atoms with E-state index in [0.717, 1.165) is 49.3 Å². The molecule has 4 rings (SSSR count). The first-order valence-corrected chi connectivity index (χ1v) is 9.19. The Labute approximate surface area is 152 Å². The Balaban J connectivity index is 1.33. The standard InChI is InChI=1S/C21H23FN2O2/c22-15-3-1-14(2-4-15)19-13-20(19)21(26)23-16-5-7-17(8-6-16)24-11-9-18(25)10-12-24/h1-8,18-20,25H,9-13H2,(H,23,26)/t19-,20+/m1/s1. The zero-order chi connectivity index (χ0) is 18.1. The van der Waals surface area contributed by atoms with Gasteiger partial charge < -0.3 is 15.3 Å². The molecule has 2 aromatic carbocycles. The summed E-state index contributed by atoms with van der Waals surface area (Å²) < 4.78 is 13.0. The van der Waals surface area contributed by atoms with Gasteiger partial charge in [-0.25, -0.2) is 4.39 Å². The Morgan fingerprint density at radius 2 is 1.69 bits per heavy atom. The highest BCUT2D eigenvalue weighted by Gasteiger charge is 2.43. The molecule has 0 radical (unpaired) electrons. The van der Waals surface area contributed by atoms with E-state index in [0.29, 0.717) is 0 Å². The molecule has 0 bridgehead atoms. The van der Waals surface area contributed by atoms with Crippen molar-refractivity contribution in [2.75, 3.05) is 23.3 Å². The Morgan fingerprint density at radius 1 is 1.04 bits per heavy atom. The minimum Gasteiger partial charge on any atom is -0.393 e. The van der Waals surface area contributed by atoms with Crippen LogP contribution >= 0.6 is 0 Å². The summed E-state index contributed by atoms with van der Waals surface area (Å²) in [6.45, 7) is 1.71. The second kappa shape index (κ2) is 7.08. The molecule has 2 aromatic rings. The number of aliphatic hydroxyl groups excluding tert-OH is 1. The Kier molecular flexibility index (Phi) is 4.64. The summed E-state index contributed by atoms with van der Waals surface area (Å²) in [6, 6.07) is 14.3. The van der Waals surface area contributed by atoms with E-state index in [1.165, 1.54) is 12.1 Å². The van der Waals surface area contributed by atoms with E-state index in [4.69, 9.17) is 0 Å². The zero-order valence-electron chi connectivity index (χ0n) is 14.6. The summed E-state index contributed by atoms with van der Waals surface area (Å²) >= 11 is 0. The lowest BCUT2D eigenvalue weighted by atomic mass is 10.1. The number of piperidine rings is 1. The van der Waals surface area contributed by atoms with Gasteiger partial charge in [0, 0.05) is 30.4 Å². The minimum atomic E-state index is -0.251. The van der Waals surface area contributed by atoms with Crippen molar-refractivity contribution >= 4 is 17.3 Å². The van der Waals surface area contributed by atoms with Crippen molar-refractivity contribution in [2.45, 2.75) is 31.3 Å². The maximum Gasteiger partial charge on any atom is 0.228 e. The number of carbonyl (C=O) groups excluding carboxylic acids is 1. The second-order valence-electron chi connectivity index (χ2n) is 7.25. The quantitative estimate of drug-likeness (QED) is 0.883. The van der Waals surface area contributed by atoms with Crippen molar-refractivity contribution < 1.29 is 14.3 Å². The first kappa shape index (κ1) is 17.0. The highest BCUT2D eigenvalue weighted by atomic mass is 19.1. The summed E-state index contributed by atoms with van der Waals surface area (Å²) in [7, 11) is 0. The van der Waals surface area contributed by atoms with Crippen LogP contribution in [0.2, 0.25) is 0 Å². The van der Waals surface area contributed by atoms with Crippen LogP contribution < -0.4 is 10.2 Å². The number of hydrogen-bond donors (Lipinski definition) is 2. The Morgan fingerprint density at radius 3 is 2.35 bits per heavy atom. The Bertz CT molecular complexity index is 768. The van der Waals surface area contributed by atoms with Crippen LogP contribution in [0.4, 0.5) is 15.8 Å². The van der Waals surface area contributed by atoms with Crippen molar-refractivity contribution in [3.05, 3.63) is 59.9 Å². The van der Waals surface area contributed by atoms with E-state index in [1.807, 2.05) is 24.3 Å². The predicted octanol–water partition coefficient (Wildman–Crippen LogP) is 3.53. The molecule has 1 saturated heterocycles. The number of aliphatic hydroxyl groups is 1. The molecular formula is C21H23FN2O2. The largest absolute Gasteiger partial charge is 0.393 e. The fourth-order valence-electron chi connectivity index (χ4n) is 3.68. The third-order valence-electron chi connectivity index (χ3n) is 5.39. The van der Waals surface area contributed by atoms with E-state index >= 15 is 0 Å². The summed E-state index contributed by atoms with van der Waals surface area (Å²) in [6.07, 6.45) is 2.22. The molecule has 2 fully saturated rings. The van der Waals surface area contributed by atoms with Crippen LogP contribution in [0.3, 0.4) is 0 Å². The number of halogens is 1. The highest BCUT2D eigenvalue weighted by molar-refractivity contribution is 5.95. The Hall–Kier alpha value is -2.40. The SMILES string of the molecule is O=C(Nc1ccc(N2CCC(O)CC2)cc1)[C@H]1C[C@@H]1c1ccc(F)cc1. The van der Waals surface area contributed by atoms with Gasteiger partial charge in [0.15, 0.2) is 0 Å². The molecule has 1 saturated carbocycles. The summed E-state index contributed by atoms with van der Waals surface area (Å²) in [4.78, 5) is 14.7. The van der Waals surface area contributed by atoms with Crippen LogP contribution in [0.25, 0.3) is 0 Å². The summed E-state index contributed by atoms with van der Waals surface area (Å²) in [5, 5.41) is 12.6. The first-order chi connectivity index (χ1) is 12.6. The molecule has 5 heteroatoms. The van der Waals surface area contributed by atoms with Crippen LogP contribution in [0.1, 0.15) is 30.7 Å². The van der Waals surface area contributed by atoms with Crippen LogP contribution in [-0.2, 0) is 4.79 Å². The van der Waals surface area contributed by atoms with Crippen molar-refractivity contribution in [3.8, 4) is 0 Å². The molecule has 4 nitrogen and oxygen atoms in total. The van der Waals surface area contributed by atoms with Crippen LogP contribution in [-0.4, -0.2) is 30.2 Å². The van der Waals surface area contributed by atoms with E-state index in [9.17, 15) is 14.3 Å². The molecule has 2 N–H and O–H groups in total. The van der Waals surface area contributed by atoms with Gasteiger partial charge in [-0.3, -0.25) is 4.79 Å². The van der Waals surface area contributed by atoms with Gasteiger partial charge in [-0.2, -0.15) is 0 Å². The molecule has 2 atom stereocenters. The van der Waals surface area contributed by atoms with Crippen molar-refractivity contribution in [3.63, 3.8) is 0 Å². The minimum absolute atomic E-state index is 0.0215. The third-order valence-corrected chi connectivity index (χ3v) is 5.39. The highest BCUT2D eigenvalue weighted by Crippen LogP contribution is 2.48. The van der Waals surface area contributed by atoms with Gasteiger partial charge in [0.05, 0.1) is 6.10 Å². The number of benzene rings is 2. The van der Waals surface area contributed by atoms with Gasteiger partial charge in [-0.15, -0.1) is 0 Å². The van der Waals surface area contributed by atoms with Crippen LogP contribution in [0, 0.1) is 11.7 Å². The van der Waals surface area contributed by atoms with Gasteiger partial charge in [0.25, 0.3) is 0 Å². The number of anilines is 2. The number of carbonyl (C=O) groups is 1. The predicted molar refractivity (Wildman–Crippen MR) is 99.8 cm³/mol. The fourth-order valence-corrected chi connectivity index (χ4v) is 3.68. The maximum absolute atomic E-state index is 13.0. The van der Waals surface area contributed by atoms with E-state index in [-0.39, 0.29) is 29.7 Å². The van der Waals surface area contributed by atoms with E-state index in [1.54, 1.807) is 12.1 Å². The summed E-state index contributed by atoms with van der Waals surface area (Å²) in [5.41, 5.74) is 2.93. The molecule has 26 heavy (non-hydrogen) atoms. The molecule has 1 aliphatic carbocycles. The lowest BCUT2D eigenvalue weighted by Gasteiger charge is -2.31. The first-order valence-electron chi connectivity index (χ1n) is 9.19. The average Bonchev–Trinajstić information content (AvgIpc) is 3.45. The lowest BCUT2D eigenvalue weighted by molar-refractivity contribution is -0.117. The van der Waals surface area contributed by atoms with Crippen LogP contribution in [0.15, 0.2) is 48.5 Å². The molecule has 1 heterocycles. The number of nitrogens with zero attached hydrogens (tertiary/aromatic N) is 1. The topological polar surface area (TPSA) is 52.6 Å². The maximum atomic E-state index is 13.0. The average molecular weight is 354 g/mol. The van der Waals surface area contributed by atoms with Gasteiger partial charge >= 0.3 is 0 Å². The van der Waals surface area contributed by atoms with Gasteiger partial charge in [-0.1, -0.05) is 12.1 Å². The summed E-state index contributed by atoms with van der Waals surface area (Å²) in [5.74, 6) is -0.0785. The van der Waals surface area contributed by atoms with Gasteiger partial charge in [0.2, 0.25) is 5.91 Å². The molecule has 1 amide bonds. The van der Waals surface area contributed by atoms with Crippen molar-refractivity contribution in [1.82, 2.24) is 0 Å². The van der Waals surface area contributed by atoms with Gasteiger partial charge in [-0.05, 0) is 67.1 Å². The molecule has 136 valence electrons. The van der Waals surface area contributed by atoms with E-state index in [2.05, 4.69) is 10.2 Å². The molecular weight excluding hydrogens is 331 g/mol.